The molecule has 0 atom stereocenters. The summed E-state index contributed by atoms with van der Waals surface area (Å²) < 4.78 is 2.59. The molecule has 1 aliphatic carbocycles. The predicted octanol–water partition coefficient (Wildman–Crippen LogP) is 23.4. The molecule has 0 bridgehead atoms. The summed E-state index contributed by atoms with van der Waals surface area (Å²) in [6.45, 7) is 0. The summed E-state index contributed by atoms with van der Waals surface area (Å²) in [7, 11) is 0. The smallest absolute Gasteiger partial charge is 0.0755 e. The highest BCUT2D eigenvalue weighted by molar-refractivity contribution is 6.18. The molecular weight excluding hydrogens is 1090 g/mol. The normalized spacial score (nSPS) is 12.5. The van der Waals surface area contributed by atoms with Gasteiger partial charge in [-0.05, 0) is 184 Å². The molecule has 18 rings (SSSR count). The maximum absolute atomic E-state index is 2.59. The lowest BCUT2D eigenvalue weighted by molar-refractivity contribution is 0.749. The van der Waals surface area contributed by atoms with Crippen molar-refractivity contribution in [2.24, 2.45) is 0 Å². The molecule has 15 aromatic carbocycles. The van der Waals surface area contributed by atoms with Gasteiger partial charge in [0.15, 0.2) is 0 Å². The molecule has 3 nitrogen and oxygen atoms in total. The fraction of sp³-hybridized carbons (Fsp3) is 0.0115. The van der Waals surface area contributed by atoms with Crippen molar-refractivity contribution in [3.8, 4) is 61.3 Å². The van der Waals surface area contributed by atoms with Crippen molar-refractivity contribution in [1.29, 1.82) is 0 Å². The number of hydrogen-bond acceptors (Lipinski definition) is 2. The van der Waals surface area contributed by atoms with Crippen LogP contribution in [0.2, 0.25) is 0 Å². The Morgan fingerprint density at radius 1 is 0.222 bits per heavy atom. The Labute approximate surface area is 523 Å². The number of anilines is 6. The molecule has 0 N–H and O–H groups in total. The van der Waals surface area contributed by atoms with Crippen molar-refractivity contribution in [2.75, 3.05) is 9.80 Å². The van der Waals surface area contributed by atoms with Crippen molar-refractivity contribution < 1.29 is 0 Å². The third-order valence-electron chi connectivity index (χ3n) is 19.1. The molecule has 0 radical (unpaired) electrons. The predicted molar refractivity (Wildman–Crippen MR) is 378 cm³/mol. The third kappa shape index (κ3) is 8.00. The first kappa shape index (κ1) is 51.4. The van der Waals surface area contributed by atoms with Gasteiger partial charge in [-0.15, -0.1) is 0 Å². The van der Waals surface area contributed by atoms with Crippen LogP contribution in [-0.4, -0.2) is 4.57 Å². The lowest BCUT2D eigenvalue weighted by atomic mass is 9.65. The summed E-state index contributed by atoms with van der Waals surface area (Å²) >= 11 is 0. The molecule has 16 aromatic rings. The second kappa shape index (κ2) is 20.7. The van der Waals surface area contributed by atoms with Gasteiger partial charge < -0.3 is 14.4 Å². The zero-order chi connectivity index (χ0) is 59.3. The highest BCUT2D eigenvalue weighted by atomic mass is 15.2. The molecule has 0 saturated heterocycles. The lowest BCUT2D eigenvalue weighted by Gasteiger charge is -2.40. The van der Waals surface area contributed by atoms with Crippen LogP contribution in [0.5, 0.6) is 0 Å². The zero-order valence-corrected chi connectivity index (χ0v) is 49.3. The van der Waals surface area contributed by atoms with Gasteiger partial charge in [-0.1, -0.05) is 261 Å². The van der Waals surface area contributed by atoms with Crippen LogP contribution >= 0.6 is 0 Å². The summed E-state index contributed by atoms with van der Waals surface area (Å²) in [5, 5.41) is 7.33. The van der Waals surface area contributed by atoms with E-state index in [1.165, 1.54) is 121 Å². The summed E-state index contributed by atoms with van der Waals surface area (Å²) in [6.07, 6.45) is 0. The van der Waals surface area contributed by atoms with Gasteiger partial charge in [-0.25, -0.2) is 0 Å². The van der Waals surface area contributed by atoms with E-state index < -0.39 is 5.41 Å². The summed E-state index contributed by atoms with van der Waals surface area (Å²) in [5.41, 5.74) is 26.3. The van der Waals surface area contributed by atoms with Crippen LogP contribution in [0.3, 0.4) is 0 Å². The molecule has 2 aliphatic rings. The Balaban J connectivity index is 0.942. The highest BCUT2D eigenvalue weighted by Gasteiger charge is 2.52. The van der Waals surface area contributed by atoms with E-state index in [-0.39, 0.29) is 0 Å². The van der Waals surface area contributed by atoms with E-state index in [0.29, 0.717) is 0 Å². The van der Waals surface area contributed by atoms with Crippen molar-refractivity contribution in [1.82, 2.24) is 4.57 Å². The molecule has 0 fully saturated rings. The Bertz CT molecular complexity index is 5170. The minimum atomic E-state index is -0.746. The van der Waals surface area contributed by atoms with Gasteiger partial charge >= 0.3 is 0 Å². The summed E-state index contributed by atoms with van der Waals surface area (Å²) in [6, 6.07) is 128. The lowest BCUT2D eigenvalue weighted by Crippen LogP contribution is -2.33. The molecule has 90 heavy (non-hydrogen) atoms. The molecule has 1 spiro atoms. The highest BCUT2D eigenvalue weighted by Crippen LogP contribution is 2.64. The first-order valence-corrected chi connectivity index (χ1v) is 31.1. The topological polar surface area (TPSA) is 11.4 Å². The molecule has 0 saturated carbocycles. The number of para-hydroxylation sites is 1. The van der Waals surface area contributed by atoms with E-state index in [4.69, 9.17) is 0 Å². The number of fused-ring (bicyclic) bond motifs is 16. The van der Waals surface area contributed by atoms with E-state index in [1.54, 1.807) is 0 Å². The first-order chi connectivity index (χ1) is 44.6. The zero-order valence-electron chi connectivity index (χ0n) is 49.3. The van der Waals surface area contributed by atoms with Crippen molar-refractivity contribution in [3.63, 3.8) is 0 Å². The maximum atomic E-state index is 2.59. The van der Waals surface area contributed by atoms with Gasteiger partial charge in [0.25, 0.3) is 0 Å². The molecule has 0 amide bonds. The summed E-state index contributed by atoms with van der Waals surface area (Å²) in [4.78, 5) is 4.92. The number of benzene rings is 15. The molecule has 0 unspecified atom stereocenters. The van der Waals surface area contributed by atoms with Gasteiger partial charge in [0.2, 0.25) is 0 Å². The van der Waals surface area contributed by atoms with E-state index in [9.17, 15) is 0 Å². The van der Waals surface area contributed by atoms with Gasteiger partial charge in [0, 0.05) is 44.9 Å². The van der Waals surface area contributed by atoms with E-state index >= 15 is 0 Å². The Hall–Kier alpha value is -11.8. The number of rotatable bonds is 10. The standard InChI is InChI=1S/C87H57N3/c1-5-19-58(20-6-1)62-33-43-68(44-34-62)88(69-45-35-63(36-46-69)59-21-7-2-8-22-59)72-51-54-82-76(55-72)77-56-73(89(70-47-37-64(38-48-70)60-23-9-3-10-24-60)71-49-39-65(40-50-71)61-25-11-4-12-26-61)57-81-86(77)90(82)83-32-18-17-31-78(83)87(81)79-52-41-66-27-13-15-29-74(66)84(79)85-75-30-16-14-28-67(75)42-53-80(85)87/h1-57H. The van der Waals surface area contributed by atoms with E-state index in [1.807, 2.05) is 0 Å². The number of aromatic nitrogens is 1. The van der Waals surface area contributed by atoms with Crippen LogP contribution in [0.25, 0.3) is 105 Å². The van der Waals surface area contributed by atoms with Crippen LogP contribution in [0.15, 0.2) is 346 Å². The third-order valence-corrected chi connectivity index (χ3v) is 19.1. The minimum Gasteiger partial charge on any atom is -0.310 e. The monoisotopic (exact) mass is 1140 g/mol. The first-order valence-electron chi connectivity index (χ1n) is 31.1. The molecule has 2 heterocycles. The van der Waals surface area contributed by atoms with Crippen LogP contribution in [0, 0.1) is 0 Å². The fourth-order valence-corrected chi connectivity index (χ4v) is 15.1. The van der Waals surface area contributed by atoms with Gasteiger partial charge in [0.05, 0.1) is 22.1 Å². The minimum absolute atomic E-state index is 0.746. The van der Waals surface area contributed by atoms with Crippen molar-refractivity contribution in [2.45, 2.75) is 5.41 Å². The van der Waals surface area contributed by atoms with E-state index in [0.717, 1.165) is 39.6 Å². The molecule has 420 valence electrons. The Morgan fingerprint density at radius 2 is 0.578 bits per heavy atom. The Morgan fingerprint density at radius 3 is 1.02 bits per heavy atom. The average molecular weight is 1140 g/mol. The second-order valence-corrected chi connectivity index (χ2v) is 23.9. The number of nitrogens with zero attached hydrogens (tertiary/aromatic N) is 3. The SMILES string of the molecule is c1ccc(-c2ccc(N(c3ccc(-c4ccccc4)cc3)c3ccc4c(c3)c3cc(N(c5ccc(-c6ccccc6)cc5)c5ccc(-c6ccccc6)cc5)cc5c3n4-c3ccccc3C53c4ccc5ccccc5c4-c4c3ccc3ccccc43)cc2)cc1. The van der Waals surface area contributed by atoms with E-state index in [2.05, 4.69) is 360 Å². The van der Waals surface area contributed by atoms with Crippen LogP contribution < -0.4 is 9.80 Å². The Kier molecular flexibility index (Phi) is 11.8. The van der Waals surface area contributed by atoms with Gasteiger partial charge in [-0.2, -0.15) is 0 Å². The van der Waals surface area contributed by atoms with Crippen LogP contribution in [0.4, 0.5) is 34.1 Å². The molecule has 3 heteroatoms. The largest absolute Gasteiger partial charge is 0.310 e. The van der Waals surface area contributed by atoms with Crippen LogP contribution in [-0.2, 0) is 5.41 Å². The quantitative estimate of drug-likeness (QED) is 0.135. The maximum Gasteiger partial charge on any atom is 0.0755 e. The molecule has 1 aliphatic heterocycles. The second-order valence-electron chi connectivity index (χ2n) is 23.9. The number of hydrogen-bond donors (Lipinski definition) is 0. The molecule has 1 aromatic heterocycles. The summed E-state index contributed by atoms with van der Waals surface area (Å²) in [5.74, 6) is 0. The van der Waals surface area contributed by atoms with Crippen molar-refractivity contribution in [3.05, 3.63) is 368 Å². The van der Waals surface area contributed by atoms with Gasteiger partial charge in [0.1, 0.15) is 0 Å². The fourth-order valence-electron chi connectivity index (χ4n) is 15.1. The van der Waals surface area contributed by atoms with Crippen LogP contribution in [0.1, 0.15) is 22.3 Å². The van der Waals surface area contributed by atoms with Crippen molar-refractivity contribution >= 4 is 77.5 Å². The molecular formula is C87H57N3. The average Bonchev–Trinajstić information content (AvgIpc) is 1.47. The van der Waals surface area contributed by atoms with Gasteiger partial charge in [-0.3, -0.25) is 0 Å².